The van der Waals surface area contributed by atoms with Gasteiger partial charge in [0.05, 0.1) is 0 Å². The van der Waals surface area contributed by atoms with Crippen molar-refractivity contribution in [1.29, 1.82) is 0 Å². The van der Waals surface area contributed by atoms with Gasteiger partial charge in [0, 0.05) is 31.4 Å². The van der Waals surface area contributed by atoms with Crippen LogP contribution in [0.25, 0.3) is 16.8 Å². The summed E-state index contributed by atoms with van der Waals surface area (Å²) < 4.78 is 10.2. The number of allylic oxidation sites excluding steroid dienone is 1. The first-order valence-electron chi connectivity index (χ1n) is 10.3. The van der Waals surface area contributed by atoms with E-state index in [-0.39, 0.29) is 0 Å². The minimum Gasteiger partial charge on any atom is -0.454 e. The molecule has 2 aliphatic heterocycles. The molecule has 150 valence electrons. The Morgan fingerprint density at radius 1 is 0.733 bits per heavy atom. The van der Waals surface area contributed by atoms with Crippen LogP contribution in [-0.2, 0) is 19.5 Å². The van der Waals surface area contributed by atoms with Crippen molar-refractivity contribution in [3.8, 4) is 11.5 Å². The zero-order valence-electron chi connectivity index (χ0n) is 16.7. The summed E-state index contributed by atoms with van der Waals surface area (Å²) in [7, 11) is 0. The lowest BCUT2D eigenvalue weighted by molar-refractivity contribution is 0.174. The second-order valence-electron chi connectivity index (χ2n) is 7.41. The smallest absolute Gasteiger partial charge is 0.231 e. The molecule has 1 aromatic heterocycles. The molecule has 0 bridgehead atoms. The van der Waals surface area contributed by atoms with Gasteiger partial charge in [-0.25, -0.2) is 0 Å². The Morgan fingerprint density at radius 3 is 2.10 bits per heavy atom. The maximum atomic E-state index is 5.08. The maximum absolute atomic E-state index is 5.08. The SMILES string of the molecule is C1=Cc2cc[nH]c2C1.c1cc2c3c(cccc3c1)CNC2.c1ccc2c(c1)OCO2. The van der Waals surface area contributed by atoms with Crippen LogP contribution in [0.5, 0.6) is 11.5 Å². The van der Waals surface area contributed by atoms with Crippen molar-refractivity contribution in [2.24, 2.45) is 0 Å². The molecule has 3 aromatic carbocycles. The zero-order chi connectivity index (χ0) is 20.2. The molecule has 0 fully saturated rings. The lowest BCUT2D eigenvalue weighted by Crippen LogP contribution is -2.18. The lowest BCUT2D eigenvalue weighted by Gasteiger charge is -2.17. The number of aromatic nitrogens is 1. The van der Waals surface area contributed by atoms with Crippen molar-refractivity contribution in [2.45, 2.75) is 19.5 Å². The van der Waals surface area contributed by atoms with Crippen LogP contribution in [0.3, 0.4) is 0 Å². The first-order valence-corrected chi connectivity index (χ1v) is 10.3. The molecule has 4 aromatic rings. The monoisotopic (exact) mass is 396 g/mol. The van der Waals surface area contributed by atoms with Crippen LogP contribution in [0.1, 0.15) is 22.4 Å². The third kappa shape index (κ3) is 3.82. The van der Waals surface area contributed by atoms with Gasteiger partial charge < -0.3 is 19.8 Å². The molecule has 30 heavy (non-hydrogen) atoms. The molecule has 0 unspecified atom stereocenters. The highest BCUT2D eigenvalue weighted by atomic mass is 16.7. The minimum absolute atomic E-state index is 0.360. The van der Waals surface area contributed by atoms with Crippen LogP contribution >= 0.6 is 0 Å². The molecule has 3 heterocycles. The average Bonchev–Trinajstić information content (AvgIpc) is 3.53. The number of hydrogen-bond acceptors (Lipinski definition) is 3. The highest BCUT2D eigenvalue weighted by Gasteiger charge is 2.10. The molecule has 4 heteroatoms. The summed E-state index contributed by atoms with van der Waals surface area (Å²) in [4.78, 5) is 3.16. The Labute approximate surface area is 176 Å². The van der Waals surface area contributed by atoms with Gasteiger partial charge in [0.2, 0.25) is 6.79 Å². The van der Waals surface area contributed by atoms with E-state index >= 15 is 0 Å². The summed E-state index contributed by atoms with van der Waals surface area (Å²) in [6.07, 6.45) is 7.38. The van der Waals surface area contributed by atoms with Crippen molar-refractivity contribution in [3.63, 3.8) is 0 Å². The summed E-state index contributed by atoms with van der Waals surface area (Å²) in [5, 5.41) is 6.23. The number of hydrogen-bond donors (Lipinski definition) is 2. The summed E-state index contributed by atoms with van der Waals surface area (Å²) in [5.74, 6) is 1.69. The van der Waals surface area contributed by atoms with Crippen LogP contribution < -0.4 is 14.8 Å². The van der Waals surface area contributed by atoms with Gasteiger partial charge in [-0.15, -0.1) is 0 Å². The molecule has 0 spiro atoms. The highest BCUT2D eigenvalue weighted by Crippen LogP contribution is 2.30. The quantitative estimate of drug-likeness (QED) is 0.416. The van der Waals surface area contributed by atoms with Crippen LogP contribution in [0.2, 0.25) is 0 Å². The van der Waals surface area contributed by atoms with E-state index in [0.29, 0.717) is 6.79 Å². The van der Waals surface area contributed by atoms with Crippen LogP contribution in [0.15, 0.2) is 79.0 Å². The first kappa shape index (κ1) is 18.5. The molecule has 1 aliphatic carbocycles. The van der Waals surface area contributed by atoms with Gasteiger partial charge in [0.25, 0.3) is 0 Å². The van der Waals surface area contributed by atoms with E-state index in [1.165, 1.54) is 33.2 Å². The molecule has 2 N–H and O–H groups in total. The fourth-order valence-electron chi connectivity index (χ4n) is 4.03. The van der Waals surface area contributed by atoms with Crippen molar-refractivity contribution in [3.05, 3.63) is 101 Å². The Kier molecular flexibility index (Phi) is 5.23. The second-order valence-corrected chi connectivity index (χ2v) is 7.41. The molecular formula is C26H24N2O2. The number of para-hydroxylation sites is 2. The fourth-order valence-corrected chi connectivity index (χ4v) is 4.03. The number of benzene rings is 3. The lowest BCUT2D eigenvalue weighted by atomic mass is 9.96. The van der Waals surface area contributed by atoms with E-state index in [2.05, 4.69) is 64.9 Å². The highest BCUT2D eigenvalue weighted by molar-refractivity contribution is 5.89. The zero-order valence-corrected chi connectivity index (χ0v) is 16.7. The van der Waals surface area contributed by atoms with Crippen molar-refractivity contribution < 1.29 is 9.47 Å². The second kappa shape index (κ2) is 8.47. The normalized spacial score (nSPS) is 14.4. The Bertz CT molecular complexity index is 1130. The summed E-state index contributed by atoms with van der Waals surface area (Å²) in [5.41, 5.74) is 5.56. The number of fused-ring (bicyclic) bond motifs is 2. The molecule has 3 aliphatic rings. The third-order valence-corrected chi connectivity index (χ3v) is 5.47. The van der Waals surface area contributed by atoms with E-state index in [4.69, 9.17) is 9.47 Å². The standard InChI is InChI=1S/C12H11N.C7H7N.C7H6O2/c1-3-9-4-2-6-11-8-13-7-10(5-1)12(9)11;1-2-6-4-5-8-7(6)3-1;1-2-4-7-6(3-1)8-5-9-7/h1-6,13H,7-8H2;1-2,4-5,8H,3H2;1-4H,5H2. The van der Waals surface area contributed by atoms with Gasteiger partial charge >= 0.3 is 0 Å². The Morgan fingerprint density at radius 2 is 1.43 bits per heavy atom. The minimum atomic E-state index is 0.360. The predicted molar refractivity (Wildman–Crippen MR) is 121 cm³/mol. The maximum Gasteiger partial charge on any atom is 0.231 e. The van der Waals surface area contributed by atoms with Crippen LogP contribution in [0.4, 0.5) is 0 Å². The third-order valence-electron chi connectivity index (χ3n) is 5.47. The van der Waals surface area contributed by atoms with Gasteiger partial charge in [0.15, 0.2) is 11.5 Å². The summed E-state index contributed by atoms with van der Waals surface area (Å²) >= 11 is 0. The van der Waals surface area contributed by atoms with E-state index in [0.717, 1.165) is 31.0 Å². The number of H-pyrrole nitrogens is 1. The predicted octanol–water partition coefficient (Wildman–Crippen LogP) is 5.44. The fraction of sp³-hybridized carbons (Fsp3) is 0.154. The van der Waals surface area contributed by atoms with Gasteiger partial charge in [-0.1, -0.05) is 60.7 Å². The molecule has 0 radical (unpaired) electrons. The molecule has 0 atom stereocenters. The molecule has 0 saturated heterocycles. The average molecular weight is 396 g/mol. The van der Waals surface area contributed by atoms with E-state index < -0.39 is 0 Å². The van der Waals surface area contributed by atoms with E-state index in [1.54, 1.807) is 0 Å². The molecule has 0 saturated carbocycles. The van der Waals surface area contributed by atoms with Crippen LogP contribution in [-0.4, -0.2) is 11.8 Å². The molecule has 4 nitrogen and oxygen atoms in total. The van der Waals surface area contributed by atoms with Crippen molar-refractivity contribution >= 4 is 16.8 Å². The van der Waals surface area contributed by atoms with Gasteiger partial charge in [0.1, 0.15) is 0 Å². The van der Waals surface area contributed by atoms with Crippen molar-refractivity contribution in [1.82, 2.24) is 10.3 Å². The largest absolute Gasteiger partial charge is 0.454 e. The summed E-state index contributed by atoms with van der Waals surface area (Å²) in [6, 6.07) is 22.8. The van der Waals surface area contributed by atoms with E-state index in [9.17, 15) is 0 Å². The van der Waals surface area contributed by atoms with Gasteiger partial charge in [-0.05, 0) is 45.7 Å². The topological polar surface area (TPSA) is 46.3 Å². The number of aromatic amines is 1. The number of nitrogens with one attached hydrogen (secondary N) is 2. The Hall–Kier alpha value is -3.50. The molecular weight excluding hydrogens is 372 g/mol. The van der Waals surface area contributed by atoms with Gasteiger partial charge in [-0.2, -0.15) is 0 Å². The molecule has 0 amide bonds. The number of rotatable bonds is 0. The molecule has 7 rings (SSSR count). The van der Waals surface area contributed by atoms with Crippen LogP contribution in [0, 0.1) is 0 Å². The van der Waals surface area contributed by atoms with Gasteiger partial charge in [-0.3, -0.25) is 0 Å². The summed E-state index contributed by atoms with van der Waals surface area (Å²) in [6.45, 7) is 2.38. The van der Waals surface area contributed by atoms with Crippen molar-refractivity contribution in [2.75, 3.05) is 6.79 Å². The van der Waals surface area contributed by atoms with E-state index in [1.807, 2.05) is 30.5 Å². The Balaban J connectivity index is 0.000000100. The number of ether oxygens (including phenoxy) is 2. The first-order chi connectivity index (χ1) is 14.9.